The summed E-state index contributed by atoms with van der Waals surface area (Å²) in [5.74, 6) is 1.05. The van der Waals surface area contributed by atoms with Crippen molar-refractivity contribution in [2.24, 2.45) is 0 Å². The van der Waals surface area contributed by atoms with Crippen molar-refractivity contribution >= 4 is 23.2 Å². The Morgan fingerprint density at radius 1 is 0.824 bits per heavy atom. The lowest BCUT2D eigenvalue weighted by Crippen LogP contribution is -2.13. The molecular formula is C28H25N3O3. The van der Waals surface area contributed by atoms with Crippen LogP contribution in [0.1, 0.15) is 22.5 Å². The van der Waals surface area contributed by atoms with Gasteiger partial charge in [-0.15, -0.1) is 0 Å². The third kappa shape index (κ3) is 5.86. The van der Waals surface area contributed by atoms with Crippen molar-refractivity contribution in [3.05, 3.63) is 107 Å². The monoisotopic (exact) mass is 451 g/mol. The molecule has 0 aliphatic heterocycles. The van der Waals surface area contributed by atoms with Gasteiger partial charge in [-0.05, 0) is 61.4 Å². The van der Waals surface area contributed by atoms with Crippen LogP contribution in [0.15, 0.2) is 84.9 Å². The molecule has 6 nitrogen and oxygen atoms in total. The molecule has 1 N–H and O–H groups in total. The van der Waals surface area contributed by atoms with Gasteiger partial charge in [-0.2, -0.15) is 0 Å². The lowest BCUT2D eigenvalue weighted by atomic mass is 10.0. The highest BCUT2D eigenvalue weighted by Gasteiger charge is 2.13. The lowest BCUT2D eigenvalue weighted by Gasteiger charge is -2.11. The average molecular weight is 452 g/mol. The number of amides is 1. The van der Waals surface area contributed by atoms with Crippen molar-refractivity contribution in [2.45, 2.75) is 13.8 Å². The number of nitrogens with zero attached hydrogens (tertiary/aromatic N) is 2. The van der Waals surface area contributed by atoms with E-state index in [0.717, 1.165) is 28.3 Å². The van der Waals surface area contributed by atoms with E-state index in [1.54, 1.807) is 19.2 Å². The van der Waals surface area contributed by atoms with Gasteiger partial charge in [0.25, 0.3) is 5.91 Å². The average Bonchev–Trinajstić information content (AvgIpc) is 2.83. The molecule has 0 saturated heterocycles. The molecule has 0 unspecified atom stereocenters. The number of aryl methyl sites for hydroxylation is 2. The molecule has 0 spiro atoms. The summed E-state index contributed by atoms with van der Waals surface area (Å²) in [5.41, 5.74) is 4.48. The van der Waals surface area contributed by atoms with E-state index < -0.39 is 0 Å². The van der Waals surface area contributed by atoms with Crippen LogP contribution in [0.2, 0.25) is 0 Å². The van der Waals surface area contributed by atoms with E-state index in [4.69, 9.17) is 9.47 Å². The highest BCUT2D eigenvalue weighted by Crippen LogP contribution is 2.25. The van der Waals surface area contributed by atoms with Crippen LogP contribution in [0.4, 0.5) is 5.69 Å². The molecule has 0 saturated carbocycles. The minimum absolute atomic E-state index is 0.234. The Hall–Kier alpha value is -4.45. The van der Waals surface area contributed by atoms with Crippen LogP contribution >= 0.6 is 0 Å². The number of anilines is 1. The third-order valence-corrected chi connectivity index (χ3v) is 5.02. The Morgan fingerprint density at radius 3 is 2.21 bits per heavy atom. The number of benzene rings is 3. The number of carbonyl (C=O) groups is 1. The summed E-state index contributed by atoms with van der Waals surface area (Å²) in [7, 11) is 1.62. The maximum absolute atomic E-state index is 13.3. The molecule has 4 aromatic rings. The number of hydrogen-bond donors (Lipinski definition) is 1. The molecular weight excluding hydrogens is 426 g/mol. The van der Waals surface area contributed by atoms with E-state index in [-0.39, 0.29) is 11.9 Å². The first-order valence-electron chi connectivity index (χ1n) is 10.8. The molecule has 0 aliphatic carbocycles. The molecule has 0 aliphatic rings. The van der Waals surface area contributed by atoms with Gasteiger partial charge in [0.05, 0.1) is 7.11 Å². The predicted octanol–water partition coefficient (Wildman–Crippen LogP) is 6.07. The van der Waals surface area contributed by atoms with Gasteiger partial charge in [0.2, 0.25) is 0 Å². The van der Waals surface area contributed by atoms with Gasteiger partial charge in [-0.25, -0.2) is 9.97 Å². The second-order valence-corrected chi connectivity index (χ2v) is 7.71. The molecule has 170 valence electrons. The first kappa shape index (κ1) is 22.7. The first-order valence-corrected chi connectivity index (χ1v) is 10.8. The van der Waals surface area contributed by atoms with Gasteiger partial charge in [0.1, 0.15) is 11.5 Å². The van der Waals surface area contributed by atoms with E-state index in [1.807, 2.05) is 92.7 Å². The summed E-state index contributed by atoms with van der Waals surface area (Å²) in [4.78, 5) is 21.9. The molecule has 1 aromatic heterocycles. The number of nitrogens with one attached hydrogen (secondary N) is 1. The number of hydrogen-bond acceptors (Lipinski definition) is 5. The molecule has 3 aromatic carbocycles. The maximum Gasteiger partial charge on any atom is 0.322 e. The fraction of sp³-hybridized carbons (Fsp3) is 0.107. The van der Waals surface area contributed by atoms with E-state index >= 15 is 0 Å². The zero-order chi connectivity index (χ0) is 23.9. The Bertz CT molecular complexity index is 1300. The number of aromatic nitrogens is 2. The smallest absolute Gasteiger partial charge is 0.322 e. The molecule has 34 heavy (non-hydrogen) atoms. The minimum Gasteiger partial charge on any atom is -0.497 e. The molecule has 0 fully saturated rings. The van der Waals surface area contributed by atoms with Crippen molar-refractivity contribution in [1.29, 1.82) is 0 Å². The topological polar surface area (TPSA) is 73.3 Å². The third-order valence-electron chi connectivity index (χ3n) is 5.02. The van der Waals surface area contributed by atoms with Crippen LogP contribution in [0.25, 0.3) is 11.6 Å². The van der Waals surface area contributed by atoms with E-state index in [0.29, 0.717) is 17.0 Å². The Kier molecular flexibility index (Phi) is 6.98. The van der Waals surface area contributed by atoms with Crippen LogP contribution in [0, 0.1) is 13.8 Å². The van der Waals surface area contributed by atoms with Crippen LogP contribution in [0.3, 0.4) is 0 Å². The van der Waals surface area contributed by atoms with E-state index in [2.05, 4.69) is 15.3 Å². The van der Waals surface area contributed by atoms with Crippen molar-refractivity contribution < 1.29 is 14.3 Å². The molecule has 1 amide bonds. The van der Waals surface area contributed by atoms with Crippen molar-refractivity contribution in [2.75, 3.05) is 12.4 Å². The highest BCUT2D eigenvalue weighted by atomic mass is 16.5. The number of carbonyl (C=O) groups excluding carboxylic acids is 1. The maximum atomic E-state index is 13.3. The zero-order valence-corrected chi connectivity index (χ0v) is 19.3. The SMILES string of the molecule is COc1ccc(/C=C(/C(=O)Nc2cccc(Oc3nc(C)cc(C)n3)c2)c2ccccc2)cc1. The molecule has 1 heterocycles. The van der Waals surface area contributed by atoms with Crippen LogP contribution in [0.5, 0.6) is 17.5 Å². The number of ether oxygens (including phenoxy) is 2. The summed E-state index contributed by atoms with van der Waals surface area (Å²) in [5, 5.41) is 2.98. The Morgan fingerprint density at radius 2 is 1.53 bits per heavy atom. The second-order valence-electron chi connectivity index (χ2n) is 7.71. The second kappa shape index (κ2) is 10.4. The normalized spacial score (nSPS) is 11.1. The molecule has 0 bridgehead atoms. The highest BCUT2D eigenvalue weighted by molar-refractivity contribution is 6.29. The molecule has 6 heteroatoms. The standard InChI is InChI=1S/C28H25N3O3/c1-19-16-20(2)30-28(29-19)34-25-11-7-10-23(18-25)31-27(32)26(22-8-5-4-6-9-22)17-21-12-14-24(33-3)15-13-21/h4-18H,1-3H3,(H,31,32)/b26-17+. The quantitative estimate of drug-likeness (QED) is 0.273. The minimum atomic E-state index is -0.234. The summed E-state index contributed by atoms with van der Waals surface area (Å²) in [6.45, 7) is 3.77. The van der Waals surface area contributed by atoms with Crippen molar-refractivity contribution in [3.63, 3.8) is 0 Å². The van der Waals surface area contributed by atoms with Crippen LogP contribution in [-0.4, -0.2) is 23.0 Å². The van der Waals surface area contributed by atoms with Crippen LogP contribution < -0.4 is 14.8 Å². The predicted molar refractivity (Wildman–Crippen MR) is 134 cm³/mol. The van der Waals surface area contributed by atoms with Gasteiger partial charge >= 0.3 is 6.01 Å². The summed E-state index contributed by atoms with van der Waals surface area (Å²) < 4.78 is 11.1. The Balaban J connectivity index is 1.59. The van der Waals surface area contributed by atoms with Crippen LogP contribution in [-0.2, 0) is 4.79 Å². The van der Waals surface area contributed by atoms with Crippen molar-refractivity contribution in [1.82, 2.24) is 9.97 Å². The fourth-order valence-corrected chi connectivity index (χ4v) is 3.44. The Labute approximate surface area is 198 Å². The van der Waals surface area contributed by atoms with E-state index in [9.17, 15) is 4.79 Å². The molecule has 4 rings (SSSR count). The van der Waals surface area contributed by atoms with Gasteiger partial charge < -0.3 is 14.8 Å². The van der Waals surface area contributed by atoms with Crippen molar-refractivity contribution in [3.8, 4) is 17.5 Å². The summed E-state index contributed by atoms with van der Waals surface area (Å²) >= 11 is 0. The van der Waals surface area contributed by atoms with Gasteiger partial charge in [0.15, 0.2) is 0 Å². The molecule has 0 radical (unpaired) electrons. The zero-order valence-electron chi connectivity index (χ0n) is 19.3. The van der Waals surface area contributed by atoms with Gasteiger partial charge in [0, 0.05) is 28.7 Å². The van der Waals surface area contributed by atoms with Gasteiger partial charge in [-0.3, -0.25) is 4.79 Å². The largest absolute Gasteiger partial charge is 0.497 e. The van der Waals surface area contributed by atoms with Gasteiger partial charge in [-0.1, -0.05) is 48.5 Å². The molecule has 0 atom stereocenters. The fourth-order valence-electron chi connectivity index (χ4n) is 3.44. The summed E-state index contributed by atoms with van der Waals surface area (Å²) in [6.07, 6.45) is 1.85. The van der Waals surface area contributed by atoms with E-state index in [1.165, 1.54) is 0 Å². The lowest BCUT2D eigenvalue weighted by molar-refractivity contribution is -0.111. The summed E-state index contributed by atoms with van der Waals surface area (Å²) in [6, 6.07) is 26.4. The first-order chi connectivity index (χ1) is 16.5. The number of rotatable bonds is 7. The number of methoxy groups -OCH3 is 1.